The average Bonchev–Trinajstić information content (AvgIpc) is 2.46. The van der Waals surface area contributed by atoms with E-state index in [0.717, 1.165) is 6.42 Å². The number of rotatable bonds is 11. The minimum absolute atomic E-state index is 0.347. The lowest BCUT2D eigenvalue weighted by molar-refractivity contribution is 0.0793. The third kappa shape index (κ3) is 6.65. The van der Waals surface area contributed by atoms with E-state index >= 15 is 0 Å². The molecule has 0 amide bonds. The number of anilines is 1. The first-order valence-electron chi connectivity index (χ1n) is 6.54. The van der Waals surface area contributed by atoms with Gasteiger partial charge in [-0.2, -0.15) is 4.98 Å². The first kappa shape index (κ1) is 16.6. The molecule has 0 aliphatic carbocycles. The van der Waals surface area contributed by atoms with Crippen molar-refractivity contribution in [2.75, 3.05) is 53.0 Å². The van der Waals surface area contributed by atoms with Crippen molar-refractivity contribution in [1.82, 2.24) is 9.97 Å². The summed E-state index contributed by atoms with van der Waals surface area (Å²) in [6.07, 6.45) is 0.881. The van der Waals surface area contributed by atoms with Gasteiger partial charge in [0, 0.05) is 40.5 Å². The highest BCUT2D eigenvalue weighted by molar-refractivity contribution is 5.37. The van der Waals surface area contributed by atoms with E-state index in [1.807, 2.05) is 0 Å². The molecule has 0 aromatic carbocycles. The fourth-order valence-electron chi connectivity index (χ4n) is 1.48. The molecule has 114 valence electrons. The van der Waals surface area contributed by atoms with Crippen LogP contribution in [0.5, 0.6) is 5.88 Å². The number of methoxy groups -OCH3 is 2. The Kier molecular flexibility index (Phi) is 8.61. The summed E-state index contributed by atoms with van der Waals surface area (Å²) in [5, 5.41) is 2.96. The fourth-order valence-corrected chi connectivity index (χ4v) is 1.48. The second kappa shape index (κ2) is 10.4. The number of hydrogen-bond donors (Lipinski definition) is 1. The van der Waals surface area contributed by atoms with Crippen molar-refractivity contribution in [1.29, 1.82) is 0 Å². The molecular weight excluding hydrogens is 262 g/mol. The van der Waals surface area contributed by atoms with E-state index in [1.54, 1.807) is 27.3 Å². The van der Waals surface area contributed by atoms with E-state index in [0.29, 0.717) is 50.6 Å². The minimum atomic E-state index is 0.347. The maximum Gasteiger partial charge on any atom is 0.218 e. The largest absolute Gasteiger partial charge is 0.475 e. The van der Waals surface area contributed by atoms with Crippen LogP contribution in [0.3, 0.4) is 0 Å². The first-order valence-corrected chi connectivity index (χ1v) is 6.54. The molecule has 0 aliphatic rings. The smallest absolute Gasteiger partial charge is 0.218 e. The van der Waals surface area contributed by atoms with Gasteiger partial charge in [0.25, 0.3) is 0 Å². The Labute approximate surface area is 119 Å². The Morgan fingerprint density at radius 1 is 1.05 bits per heavy atom. The molecule has 1 aromatic heterocycles. The number of aromatic nitrogens is 2. The van der Waals surface area contributed by atoms with Gasteiger partial charge >= 0.3 is 0 Å². The van der Waals surface area contributed by atoms with Crippen LogP contribution in [-0.4, -0.2) is 57.7 Å². The number of hydrogen-bond acceptors (Lipinski definition) is 7. The van der Waals surface area contributed by atoms with Gasteiger partial charge in [-0.1, -0.05) is 0 Å². The van der Waals surface area contributed by atoms with Crippen LogP contribution in [0.4, 0.5) is 5.82 Å². The summed E-state index contributed by atoms with van der Waals surface area (Å²) in [5.74, 6) is 1.79. The first-order chi connectivity index (χ1) is 9.80. The Morgan fingerprint density at radius 2 is 1.90 bits per heavy atom. The predicted molar refractivity (Wildman–Crippen MR) is 75.1 cm³/mol. The van der Waals surface area contributed by atoms with E-state index in [2.05, 4.69) is 15.3 Å². The highest BCUT2D eigenvalue weighted by Gasteiger charge is 2.04. The third-order valence-electron chi connectivity index (χ3n) is 2.39. The maximum absolute atomic E-state index is 5.54. The van der Waals surface area contributed by atoms with E-state index in [-0.39, 0.29) is 0 Å². The monoisotopic (exact) mass is 285 g/mol. The van der Waals surface area contributed by atoms with Gasteiger partial charge < -0.3 is 24.3 Å². The van der Waals surface area contributed by atoms with Crippen LogP contribution in [-0.2, 0) is 20.8 Å². The molecule has 0 unspecified atom stereocenters. The zero-order valence-corrected chi connectivity index (χ0v) is 12.3. The summed E-state index contributed by atoms with van der Waals surface area (Å²) < 4.78 is 20.9. The molecule has 7 heteroatoms. The minimum Gasteiger partial charge on any atom is -0.475 e. The molecule has 0 saturated carbocycles. The van der Waals surface area contributed by atoms with Crippen LogP contribution in [0.25, 0.3) is 0 Å². The second-order valence-corrected chi connectivity index (χ2v) is 4.00. The van der Waals surface area contributed by atoms with Crippen LogP contribution in [0.2, 0.25) is 0 Å². The van der Waals surface area contributed by atoms with E-state index in [9.17, 15) is 0 Å². The zero-order chi connectivity index (χ0) is 14.6. The lowest BCUT2D eigenvalue weighted by atomic mass is 10.5. The van der Waals surface area contributed by atoms with Crippen molar-refractivity contribution in [3.05, 3.63) is 11.9 Å². The topological polar surface area (TPSA) is 74.7 Å². The quantitative estimate of drug-likeness (QED) is 0.610. The van der Waals surface area contributed by atoms with Crippen LogP contribution in [0.1, 0.15) is 12.2 Å². The van der Waals surface area contributed by atoms with Crippen molar-refractivity contribution in [2.45, 2.75) is 13.0 Å². The van der Waals surface area contributed by atoms with Gasteiger partial charge in [-0.05, 0) is 6.42 Å². The molecule has 0 fully saturated rings. The Balaban J connectivity index is 2.33. The summed E-state index contributed by atoms with van der Waals surface area (Å²) in [6.45, 7) is 2.68. The highest BCUT2D eigenvalue weighted by atomic mass is 16.5. The molecule has 0 bridgehead atoms. The van der Waals surface area contributed by atoms with Gasteiger partial charge in [0.15, 0.2) is 5.82 Å². The molecule has 0 aliphatic heterocycles. The van der Waals surface area contributed by atoms with Gasteiger partial charge in [-0.15, -0.1) is 0 Å². The number of nitrogens with one attached hydrogen (secondary N) is 1. The summed E-state index contributed by atoms with van der Waals surface area (Å²) in [7, 11) is 5.07. The molecule has 0 radical (unpaired) electrons. The van der Waals surface area contributed by atoms with E-state index < -0.39 is 0 Å². The SMILES string of the molecule is CNc1cc(OCCOCCCOC)nc(COC)n1. The summed E-state index contributed by atoms with van der Waals surface area (Å²) in [5.41, 5.74) is 0. The van der Waals surface area contributed by atoms with Crippen LogP contribution < -0.4 is 10.1 Å². The standard InChI is InChI=1S/C13H23N3O4/c1-14-11-9-13(16-12(15-11)10-18-3)20-8-7-19-6-4-5-17-2/h9H,4-8,10H2,1-3H3,(H,14,15,16). The molecule has 0 atom stereocenters. The lowest BCUT2D eigenvalue weighted by Crippen LogP contribution is -2.11. The van der Waals surface area contributed by atoms with Crippen molar-refractivity contribution in [2.24, 2.45) is 0 Å². The lowest BCUT2D eigenvalue weighted by Gasteiger charge is -2.09. The Bertz CT molecular complexity index is 377. The van der Waals surface area contributed by atoms with Gasteiger partial charge in [-0.25, -0.2) is 4.98 Å². The highest BCUT2D eigenvalue weighted by Crippen LogP contribution is 2.13. The normalized spacial score (nSPS) is 10.6. The fraction of sp³-hybridized carbons (Fsp3) is 0.692. The number of nitrogens with zero attached hydrogens (tertiary/aromatic N) is 2. The molecule has 1 rings (SSSR count). The molecular formula is C13H23N3O4. The molecule has 7 nitrogen and oxygen atoms in total. The molecule has 1 aromatic rings. The van der Waals surface area contributed by atoms with Crippen molar-refractivity contribution < 1.29 is 18.9 Å². The van der Waals surface area contributed by atoms with Crippen LogP contribution >= 0.6 is 0 Å². The van der Waals surface area contributed by atoms with Gasteiger partial charge in [0.2, 0.25) is 5.88 Å². The summed E-state index contributed by atoms with van der Waals surface area (Å²) in [6, 6.07) is 1.74. The molecule has 0 saturated heterocycles. The van der Waals surface area contributed by atoms with E-state index in [4.69, 9.17) is 18.9 Å². The van der Waals surface area contributed by atoms with Crippen LogP contribution in [0, 0.1) is 0 Å². The van der Waals surface area contributed by atoms with Crippen molar-refractivity contribution in [3.63, 3.8) is 0 Å². The van der Waals surface area contributed by atoms with Crippen molar-refractivity contribution in [3.8, 4) is 5.88 Å². The third-order valence-corrected chi connectivity index (χ3v) is 2.39. The molecule has 1 N–H and O–H groups in total. The van der Waals surface area contributed by atoms with Gasteiger partial charge in [0.05, 0.1) is 6.61 Å². The number of ether oxygens (including phenoxy) is 4. The summed E-state index contributed by atoms with van der Waals surface area (Å²) in [4.78, 5) is 8.49. The average molecular weight is 285 g/mol. The van der Waals surface area contributed by atoms with Crippen molar-refractivity contribution >= 4 is 5.82 Å². The van der Waals surface area contributed by atoms with Gasteiger partial charge in [0.1, 0.15) is 19.0 Å². The Hall–Kier alpha value is -1.44. The zero-order valence-electron chi connectivity index (χ0n) is 12.3. The molecule has 0 spiro atoms. The predicted octanol–water partition coefficient (Wildman–Crippen LogP) is 1.10. The second-order valence-electron chi connectivity index (χ2n) is 4.00. The van der Waals surface area contributed by atoms with Crippen LogP contribution in [0.15, 0.2) is 6.07 Å². The van der Waals surface area contributed by atoms with E-state index in [1.165, 1.54) is 0 Å². The maximum atomic E-state index is 5.54. The molecule has 20 heavy (non-hydrogen) atoms. The Morgan fingerprint density at radius 3 is 2.60 bits per heavy atom. The summed E-state index contributed by atoms with van der Waals surface area (Å²) >= 11 is 0. The molecule has 1 heterocycles. The van der Waals surface area contributed by atoms with Gasteiger partial charge in [-0.3, -0.25) is 0 Å².